The zero-order valence-electron chi connectivity index (χ0n) is 20.3. The Morgan fingerprint density at radius 1 is 1.17 bits per heavy atom. The number of halogens is 1. The Balaban J connectivity index is 1.76. The normalized spacial score (nSPS) is 11.9. The molecule has 35 heavy (non-hydrogen) atoms. The van der Waals surface area contributed by atoms with Gasteiger partial charge in [0.05, 0.1) is 22.9 Å². The van der Waals surface area contributed by atoms with Crippen molar-refractivity contribution in [3.05, 3.63) is 77.2 Å². The highest BCUT2D eigenvalue weighted by molar-refractivity contribution is 6.32. The second-order valence-corrected chi connectivity index (χ2v) is 9.04. The van der Waals surface area contributed by atoms with E-state index >= 15 is 0 Å². The van der Waals surface area contributed by atoms with Gasteiger partial charge in [0.25, 0.3) is 5.91 Å². The van der Waals surface area contributed by atoms with E-state index in [-0.39, 0.29) is 24.9 Å². The van der Waals surface area contributed by atoms with E-state index in [0.717, 1.165) is 22.7 Å². The average Bonchev–Trinajstić information content (AvgIpc) is 3.21. The molecule has 0 aliphatic rings. The number of hydrogen-bond acceptors (Lipinski definition) is 5. The fourth-order valence-corrected chi connectivity index (χ4v) is 3.86. The number of imidazole rings is 1. The molecule has 1 aromatic heterocycles. The van der Waals surface area contributed by atoms with Crippen molar-refractivity contribution in [1.82, 2.24) is 14.9 Å². The minimum absolute atomic E-state index is 0.0593. The Morgan fingerprint density at radius 3 is 2.37 bits per heavy atom. The molecule has 0 saturated carbocycles. The molecule has 3 aromatic rings. The lowest BCUT2D eigenvalue weighted by Gasteiger charge is -2.18. The number of rotatable bonds is 10. The van der Waals surface area contributed by atoms with Crippen LogP contribution in [0.15, 0.2) is 55.2 Å². The molecule has 2 aromatic carbocycles. The van der Waals surface area contributed by atoms with Crippen LogP contribution in [0.4, 0.5) is 0 Å². The summed E-state index contributed by atoms with van der Waals surface area (Å²) in [6.45, 7) is 9.33. The van der Waals surface area contributed by atoms with Gasteiger partial charge in [-0.25, -0.2) is 4.98 Å². The SMILES string of the molecule is C=C(C)c1nc(-c2ccc(C(=O)C(CCO)NC(=O)c3ccc(OC(C)C)c(Cl)c3)cc2)cn1C. The van der Waals surface area contributed by atoms with E-state index in [1.165, 1.54) is 6.07 Å². The van der Waals surface area contributed by atoms with E-state index in [4.69, 9.17) is 16.3 Å². The molecule has 0 bridgehead atoms. The number of allylic oxidation sites excluding steroid dienone is 1. The van der Waals surface area contributed by atoms with Crippen LogP contribution < -0.4 is 10.1 Å². The fourth-order valence-electron chi connectivity index (χ4n) is 3.64. The number of aliphatic hydroxyl groups excluding tert-OH is 1. The van der Waals surface area contributed by atoms with Crippen molar-refractivity contribution in [2.75, 3.05) is 6.61 Å². The van der Waals surface area contributed by atoms with E-state index in [9.17, 15) is 14.7 Å². The van der Waals surface area contributed by atoms with Crippen LogP contribution in [0.5, 0.6) is 5.75 Å². The Hall–Kier alpha value is -3.42. The van der Waals surface area contributed by atoms with Crippen LogP contribution in [0.25, 0.3) is 16.8 Å². The Kier molecular flexibility index (Phi) is 8.48. The quantitative estimate of drug-likeness (QED) is 0.389. The predicted molar refractivity (Wildman–Crippen MR) is 138 cm³/mol. The Morgan fingerprint density at radius 2 is 1.83 bits per heavy atom. The number of aryl methyl sites for hydroxylation is 1. The van der Waals surface area contributed by atoms with Gasteiger partial charge in [0.15, 0.2) is 5.78 Å². The van der Waals surface area contributed by atoms with Gasteiger partial charge in [-0.3, -0.25) is 9.59 Å². The molecule has 8 heteroatoms. The summed E-state index contributed by atoms with van der Waals surface area (Å²) < 4.78 is 7.50. The van der Waals surface area contributed by atoms with Crippen LogP contribution in [-0.4, -0.2) is 45.1 Å². The van der Waals surface area contributed by atoms with Gasteiger partial charge in [-0.05, 0) is 51.0 Å². The molecule has 184 valence electrons. The van der Waals surface area contributed by atoms with Crippen molar-refractivity contribution in [3.63, 3.8) is 0 Å². The molecule has 1 heterocycles. The summed E-state index contributed by atoms with van der Waals surface area (Å²) in [5.74, 6) is 0.500. The maximum Gasteiger partial charge on any atom is 0.251 e. The summed E-state index contributed by atoms with van der Waals surface area (Å²) >= 11 is 6.24. The first-order valence-corrected chi connectivity index (χ1v) is 11.7. The lowest BCUT2D eigenvalue weighted by atomic mass is 9.99. The number of ether oxygens (including phenoxy) is 1. The fraction of sp³-hybridized carbons (Fsp3) is 0.296. The third-order valence-electron chi connectivity index (χ3n) is 5.32. The van der Waals surface area contributed by atoms with Crippen LogP contribution in [0.2, 0.25) is 5.02 Å². The molecular weight excluding hydrogens is 466 g/mol. The zero-order chi connectivity index (χ0) is 25.7. The number of nitrogens with zero attached hydrogens (tertiary/aromatic N) is 2. The lowest BCUT2D eigenvalue weighted by molar-refractivity contribution is 0.0840. The van der Waals surface area contributed by atoms with E-state index in [1.807, 2.05) is 50.7 Å². The van der Waals surface area contributed by atoms with Gasteiger partial charge in [-0.15, -0.1) is 0 Å². The van der Waals surface area contributed by atoms with Crippen molar-refractivity contribution < 1.29 is 19.4 Å². The molecule has 0 fully saturated rings. The number of amides is 1. The maximum absolute atomic E-state index is 13.1. The van der Waals surface area contributed by atoms with Crippen molar-refractivity contribution in [1.29, 1.82) is 0 Å². The number of nitrogens with one attached hydrogen (secondary N) is 1. The van der Waals surface area contributed by atoms with Gasteiger partial charge >= 0.3 is 0 Å². The Bertz CT molecular complexity index is 1230. The highest BCUT2D eigenvalue weighted by Crippen LogP contribution is 2.27. The lowest BCUT2D eigenvalue weighted by Crippen LogP contribution is -2.41. The van der Waals surface area contributed by atoms with Gasteiger partial charge in [0.2, 0.25) is 0 Å². The maximum atomic E-state index is 13.1. The second-order valence-electron chi connectivity index (χ2n) is 8.63. The number of aliphatic hydroxyl groups is 1. The van der Waals surface area contributed by atoms with E-state index in [1.54, 1.807) is 24.3 Å². The first-order valence-electron chi connectivity index (χ1n) is 11.3. The molecule has 1 atom stereocenters. The molecule has 0 spiro atoms. The van der Waals surface area contributed by atoms with Crippen LogP contribution in [0.1, 0.15) is 53.7 Å². The number of hydrogen-bond donors (Lipinski definition) is 2. The van der Waals surface area contributed by atoms with E-state index in [2.05, 4.69) is 16.9 Å². The monoisotopic (exact) mass is 495 g/mol. The van der Waals surface area contributed by atoms with Crippen LogP contribution >= 0.6 is 11.6 Å². The topological polar surface area (TPSA) is 93.4 Å². The highest BCUT2D eigenvalue weighted by Gasteiger charge is 2.23. The third kappa shape index (κ3) is 6.38. The predicted octanol–water partition coefficient (Wildman–Crippen LogP) is 4.92. The van der Waals surface area contributed by atoms with Crippen LogP contribution in [0, 0.1) is 0 Å². The smallest absolute Gasteiger partial charge is 0.251 e. The summed E-state index contributed by atoms with van der Waals surface area (Å²) in [5.41, 5.74) is 3.19. The highest BCUT2D eigenvalue weighted by atomic mass is 35.5. The molecule has 3 rings (SSSR count). The van der Waals surface area contributed by atoms with Crippen molar-refractivity contribution in [3.8, 4) is 17.0 Å². The largest absolute Gasteiger partial charge is 0.489 e. The summed E-state index contributed by atoms with van der Waals surface area (Å²) in [6, 6.07) is 10.8. The first kappa shape index (κ1) is 26.2. The molecule has 0 radical (unpaired) electrons. The number of ketones is 1. The van der Waals surface area contributed by atoms with Crippen LogP contribution in [0.3, 0.4) is 0 Å². The molecule has 0 aliphatic heterocycles. The number of carbonyl (C=O) groups is 2. The number of aromatic nitrogens is 2. The number of Topliss-reactive ketones (excluding diaryl/α,β-unsaturated/α-hetero) is 1. The van der Waals surface area contributed by atoms with Gasteiger partial charge in [0, 0.05) is 36.5 Å². The van der Waals surface area contributed by atoms with Gasteiger partial charge < -0.3 is 19.7 Å². The van der Waals surface area contributed by atoms with Crippen LogP contribution in [-0.2, 0) is 7.05 Å². The van der Waals surface area contributed by atoms with Gasteiger partial charge in [-0.2, -0.15) is 0 Å². The Labute approximate surface area is 210 Å². The molecule has 0 aliphatic carbocycles. The minimum atomic E-state index is -0.895. The molecule has 1 unspecified atom stereocenters. The molecule has 0 saturated heterocycles. The summed E-state index contributed by atoms with van der Waals surface area (Å²) in [4.78, 5) is 30.5. The van der Waals surface area contributed by atoms with Crippen molar-refractivity contribution in [2.24, 2.45) is 7.05 Å². The molecule has 7 nitrogen and oxygen atoms in total. The second kappa shape index (κ2) is 11.3. The molecular formula is C27H30ClN3O4. The first-order chi connectivity index (χ1) is 16.6. The molecule has 2 N–H and O–H groups in total. The number of carbonyl (C=O) groups excluding carboxylic acids is 2. The van der Waals surface area contributed by atoms with Crippen molar-refractivity contribution >= 4 is 28.9 Å². The molecule has 1 amide bonds. The minimum Gasteiger partial charge on any atom is -0.489 e. The summed E-state index contributed by atoms with van der Waals surface area (Å²) in [7, 11) is 1.90. The number of benzene rings is 2. The summed E-state index contributed by atoms with van der Waals surface area (Å²) in [6.07, 6.45) is 1.92. The van der Waals surface area contributed by atoms with Crippen molar-refractivity contribution in [2.45, 2.75) is 39.3 Å². The standard InChI is InChI=1S/C27H30ClN3O4/c1-16(2)26-29-23(15-31(26)5)18-6-8-19(9-7-18)25(33)22(12-13-32)30-27(34)20-10-11-24(21(28)14-20)35-17(3)4/h6-11,14-15,17,22,32H,1,12-13H2,2-5H3,(H,30,34). The average molecular weight is 496 g/mol. The van der Waals surface area contributed by atoms with Gasteiger partial charge in [0.1, 0.15) is 11.6 Å². The van der Waals surface area contributed by atoms with E-state index in [0.29, 0.717) is 21.9 Å². The third-order valence-corrected chi connectivity index (χ3v) is 5.61. The zero-order valence-corrected chi connectivity index (χ0v) is 21.1. The van der Waals surface area contributed by atoms with Gasteiger partial charge in [-0.1, -0.05) is 42.4 Å². The summed E-state index contributed by atoms with van der Waals surface area (Å²) in [5, 5.41) is 12.5. The van der Waals surface area contributed by atoms with E-state index < -0.39 is 11.9 Å².